The number of rotatable bonds is 4. The Kier molecular flexibility index (Phi) is 4.90. The molecule has 0 bridgehead atoms. The highest BCUT2D eigenvalue weighted by atomic mass is 35.5. The molecule has 118 valence electrons. The van der Waals surface area contributed by atoms with E-state index in [4.69, 9.17) is 23.2 Å². The number of thiophene rings is 1. The van der Waals surface area contributed by atoms with E-state index in [1.165, 1.54) is 20.5 Å². The van der Waals surface area contributed by atoms with Crippen molar-refractivity contribution in [2.24, 2.45) is 0 Å². The molecule has 0 aliphatic carbocycles. The van der Waals surface area contributed by atoms with Gasteiger partial charge in [-0.3, -0.25) is 4.79 Å². The monoisotopic (exact) mass is 363 g/mol. The van der Waals surface area contributed by atoms with Crippen LogP contribution in [-0.2, 0) is 6.42 Å². The fourth-order valence-electron chi connectivity index (χ4n) is 2.51. The van der Waals surface area contributed by atoms with Crippen LogP contribution in [0.3, 0.4) is 0 Å². The second kappa shape index (κ2) is 6.91. The lowest BCUT2D eigenvalue weighted by Gasteiger charge is -2.06. The maximum absolute atomic E-state index is 12.1. The van der Waals surface area contributed by atoms with Crippen LogP contribution >= 0.6 is 34.5 Å². The molecule has 0 spiro atoms. The number of carbonyl (C=O) groups excluding carboxylic acids is 1. The van der Waals surface area contributed by atoms with Crippen LogP contribution in [0, 0.1) is 6.92 Å². The number of halogens is 2. The molecular formula is C18H15Cl2NOS. The van der Waals surface area contributed by atoms with E-state index in [-0.39, 0.29) is 5.91 Å². The van der Waals surface area contributed by atoms with E-state index in [0.29, 0.717) is 17.1 Å². The lowest BCUT2D eigenvalue weighted by atomic mass is 10.1. The summed E-state index contributed by atoms with van der Waals surface area (Å²) in [5, 5.41) is 5.34. The minimum atomic E-state index is -0.141. The van der Waals surface area contributed by atoms with E-state index < -0.39 is 0 Å². The molecule has 0 unspecified atom stereocenters. The molecule has 0 aliphatic heterocycles. The first-order chi connectivity index (χ1) is 11.1. The molecule has 2 aromatic carbocycles. The first-order valence-corrected chi connectivity index (χ1v) is 8.84. The zero-order valence-electron chi connectivity index (χ0n) is 12.5. The summed E-state index contributed by atoms with van der Waals surface area (Å²) in [6.07, 6.45) is 0.791. The number of hydrogen-bond donors (Lipinski definition) is 1. The van der Waals surface area contributed by atoms with Crippen LogP contribution in [0.2, 0.25) is 10.0 Å². The largest absolute Gasteiger partial charge is 0.352 e. The van der Waals surface area contributed by atoms with Gasteiger partial charge in [-0.25, -0.2) is 0 Å². The minimum absolute atomic E-state index is 0.141. The van der Waals surface area contributed by atoms with Gasteiger partial charge in [0.1, 0.15) is 0 Å². The SMILES string of the molecule is Cc1c(CCNC(=O)c2ccccc2Cl)sc2ccc(Cl)cc12. The van der Waals surface area contributed by atoms with Gasteiger partial charge in [-0.05, 0) is 54.6 Å². The highest BCUT2D eigenvalue weighted by Crippen LogP contribution is 2.32. The highest BCUT2D eigenvalue weighted by molar-refractivity contribution is 7.19. The quantitative estimate of drug-likeness (QED) is 0.652. The van der Waals surface area contributed by atoms with Crippen LogP contribution in [0.25, 0.3) is 10.1 Å². The molecule has 0 atom stereocenters. The Morgan fingerprint density at radius 1 is 1.17 bits per heavy atom. The molecule has 0 saturated carbocycles. The third-order valence-electron chi connectivity index (χ3n) is 3.75. The van der Waals surface area contributed by atoms with Crippen molar-refractivity contribution in [1.82, 2.24) is 5.32 Å². The van der Waals surface area contributed by atoms with Gasteiger partial charge >= 0.3 is 0 Å². The fourth-order valence-corrected chi connectivity index (χ4v) is 4.10. The van der Waals surface area contributed by atoms with Crippen LogP contribution in [-0.4, -0.2) is 12.5 Å². The van der Waals surface area contributed by atoms with Gasteiger partial charge in [0.05, 0.1) is 10.6 Å². The zero-order chi connectivity index (χ0) is 16.4. The lowest BCUT2D eigenvalue weighted by molar-refractivity contribution is 0.0954. The number of hydrogen-bond acceptors (Lipinski definition) is 2. The second-order valence-electron chi connectivity index (χ2n) is 5.28. The average molecular weight is 364 g/mol. The number of fused-ring (bicyclic) bond motifs is 1. The molecule has 1 N–H and O–H groups in total. The topological polar surface area (TPSA) is 29.1 Å². The van der Waals surface area contributed by atoms with Crippen molar-refractivity contribution in [1.29, 1.82) is 0 Å². The van der Waals surface area contributed by atoms with Crippen molar-refractivity contribution in [3.05, 3.63) is 68.5 Å². The average Bonchev–Trinajstić information content (AvgIpc) is 2.84. The molecule has 1 amide bonds. The molecule has 0 aliphatic rings. The molecule has 2 nitrogen and oxygen atoms in total. The molecule has 23 heavy (non-hydrogen) atoms. The van der Waals surface area contributed by atoms with E-state index in [9.17, 15) is 4.79 Å². The van der Waals surface area contributed by atoms with Gasteiger partial charge in [0.2, 0.25) is 0 Å². The van der Waals surface area contributed by atoms with E-state index >= 15 is 0 Å². The summed E-state index contributed by atoms with van der Waals surface area (Å²) in [7, 11) is 0. The van der Waals surface area contributed by atoms with Gasteiger partial charge in [0, 0.05) is 21.1 Å². The van der Waals surface area contributed by atoms with Crippen molar-refractivity contribution in [3.8, 4) is 0 Å². The molecule has 1 heterocycles. The Hall–Kier alpha value is -1.55. The molecule has 0 saturated heterocycles. The Balaban J connectivity index is 1.68. The van der Waals surface area contributed by atoms with Gasteiger partial charge in [0.15, 0.2) is 0 Å². The van der Waals surface area contributed by atoms with E-state index in [2.05, 4.69) is 12.2 Å². The molecule has 1 aromatic heterocycles. The smallest absolute Gasteiger partial charge is 0.252 e. The maximum atomic E-state index is 12.1. The second-order valence-corrected chi connectivity index (χ2v) is 7.26. The summed E-state index contributed by atoms with van der Waals surface area (Å²) < 4.78 is 1.22. The summed E-state index contributed by atoms with van der Waals surface area (Å²) in [6, 6.07) is 13.0. The van der Waals surface area contributed by atoms with Gasteiger partial charge in [-0.1, -0.05) is 35.3 Å². The van der Waals surface area contributed by atoms with Gasteiger partial charge in [-0.15, -0.1) is 11.3 Å². The maximum Gasteiger partial charge on any atom is 0.252 e. The Labute approximate surface area is 149 Å². The summed E-state index contributed by atoms with van der Waals surface area (Å²) in [5.74, 6) is -0.141. The molecule has 5 heteroatoms. The zero-order valence-corrected chi connectivity index (χ0v) is 14.9. The Morgan fingerprint density at radius 3 is 2.74 bits per heavy atom. The van der Waals surface area contributed by atoms with Crippen LogP contribution in [0.4, 0.5) is 0 Å². The van der Waals surface area contributed by atoms with Gasteiger partial charge in [-0.2, -0.15) is 0 Å². The molecule has 0 fully saturated rings. The molecule has 3 rings (SSSR count). The minimum Gasteiger partial charge on any atom is -0.352 e. The van der Waals surface area contributed by atoms with Crippen molar-refractivity contribution in [2.75, 3.05) is 6.54 Å². The van der Waals surface area contributed by atoms with E-state index in [1.807, 2.05) is 24.3 Å². The van der Waals surface area contributed by atoms with Crippen molar-refractivity contribution < 1.29 is 4.79 Å². The summed E-state index contributed by atoms with van der Waals surface area (Å²) in [4.78, 5) is 13.4. The normalized spacial score (nSPS) is 10.9. The molecular weight excluding hydrogens is 349 g/mol. The van der Waals surface area contributed by atoms with Crippen molar-refractivity contribution in [2.45, 2.75) is 13.3 Å². The Bertz CT molecular complexity index is 873. The van der Waals surface area contributed by atoms with Crippen LogP contribution in [0.15, 0.2) is 42.5 Å². The predicted molar refractivity (Wildman–Crippen MR) is 99.1 cm³/mol. The molecule has 0 radical (unpaired) electrons. The lowest BCUT2D eigenvalue weighted by Crippen LogP contribution is -2.25. The first kappa shape index (κ1) is 16.3. The van der Waals surface area contributed by atoms with Crippen LogP contribution in [0.1, 0.15) is 20.8 Å². The summed E-state index contributed by atoms with van der Waals surface area (Å²) in [6.45, 7) is 2.67. The highest BCUT2D eigenvalue weighted by Gasteiger charge is 2.11. The predicted octanol–water partition coefficient (Wildman–Crippen LogP) is 5.49. The first-order valence-electron chi connectivity index (χ1n) is 7.26. The number of nitrogens with one attached hydrogen (secondary N) is 1. The fraction of sp³-hybridized carbons (Fsp3) is 0.167. The Morgan fingerprint density at radius 2 is 1.96 bits per heavy atom. The number of aryl methyl sites for hydroxylation is 1. The van der Waals surface area contributed by atoms with Crippen LogP contribution < -0.4 is 5.32 Å². The van der Waals surface area contributed by atoms with Crippen molar-refractivity contribution >= 4 is 50.5 Å². The molecule has 3 aromatic rings. The van der Waals surface area contributed by atoms with Gasteiger partial charge in [0.25, 0.3) is 5.91 Å². The third kappa shape index (κ3) is 3.52. The van der Waals surface area contributed by atoms with E-state index in [0.717, 1.165) is 11.4 Å². The number of carbonyl (C=O) groups is 1. The third-order valence-corrected chi connectivity index (χ3v) is 5.65. The number of benzene rings is 2. The summed E-state index contributed by atoms with van der Waals surface area (Å²) in [5.41, 5.74) is 1.74. The van der Waals surface area contributed by atoms with Crippen LogP contribution in [0.5, 0.6) is 0 Å². The standard InChI is InChI=1S/C18H15Cl2NOS/c1-11-14-10-12(19)6-7-17(14)23-16(11)8-9-21-18(22)13-4-2-3-5-15(13)20/h2-7,10H,8-9H2,1H3,(H,21,22). The number of amides is 1. The van der Waals surface area contributed by atoms with Crippen molar-refractivity contribution in [3.63, 3.8) is 0 Å². The van der Waals surface area contributed by atoms with Gasteiger partial charge < -0.3 is 5.32 Å². The summed E-state index contributed by atoms with van der Waals surface area (Å²) >= 11 is 13.8. The van der Waals surface area contributed by atoms with E-state index in [1.54, 1.807) is 29.5 Å².